The van der Waals surface area contributed by atoms with Crippen molar-refractivity contribution in [3.63, 3.8) is 0 Å². The molecule has 0 fully saturated rings. The monoisotopic (exact) mass is 355 g/mol. The summed E-state index contributed by atoms with van der Waals surface area (Å²) in [5.74, 6) is -0.0848. The van der Waals surface area contributed by atoms with E-state index in [4.69, 9.17) is 0 Å². The summed E-state index contributed by atoms with van der Waals surface area (Å²) >= 11 is 0. The Morgan fingerprint density at radius 2 is 1.63 bits per heavy atom. The van der Waals surface area contributed by atoms with Gasteiger partial charge in [-0.25, -0.2) is 0 Å². The van der Waals surface area contributed by atoms with Crippen LogP contribution in [0.15, 0.2) is 78.9 Å². The lowest BCUT2D eigenvalue weighted by atomic mass is 10.00. The fourth-order valence-electron chi connectivity index (χ4n) is 3.34. The van der Waals surface area contributed by atoms with Crippen molar-refractivity contribution in [1.82, 2.24) is 5.32 Å². The van der Waals surface area contributed by atoms with Crippen molar-refractivity contribution < 1.29 is 4.79 Å². The molecule has 4 nitrogen and oxygen atoms in total. The molecular weight excluding hydrogens is 334 g/mol. The molecule has 0 bridgehead atoms. The minimum atomic E-state index is -0.0848. The topological polar surface area (TPSA) is 53.2 Å². The first-order valence-corrected chi connectivity index (χ1v) is 8.97. The second kappa shape index (κ2) is 7.38. The van der Waals surface area contributed by atoms with Gasteiger partial charge in [-0.05, 0) is 29.3 Å². The van der Waals surface area contributed by atoms with Gasteiger partial charge in [0.25, 0.3) is 5.91 Å². The SMILES string of the molecule is CNC(=C1C(=O)Nc2ccc(NCc3ccccc3)cc21)c1ccccc1. The Hall–Kier alpha value is -3.53. The molecule has 27 heavy (non-hydrogen) atoms. The van der Waals surface area contributed by atoms with Crippen LogP contribution in [0.25, 0.3) is 11.3 Å². The van der Waals surface area contributed by atoms with Crippen LogP contribution in [0.2, 0.25) is 0 Å². The fourth-order valence-corrected chi connectivity index (χ4v) is 3.34. The Morgan fingerprint density at radius 3 is 2.33 bits per heavy atom. The maximum absolute atomic E-state index is 12.7. The third-order valence-electron chi connectivity index (χ3n) is 4.67. The van der Waals surface area contributed by atoms with Gasteiger partial charge in [0.05, 0.1) is 11.3 Å². The standard InChI is InChI=1S/C23H21N3O/c1-24-22(17-10-6-3-7-11-17)21-19-14-18(12-13-20(19)26-23(21)27)25-15-16-8-4-2-5-9-16/h2-14,24-25H,15H2,1H3,(H,26,27). The number of anilines is 2. The number of fused-ring (bicyclic) bond motifs is 1. The van der Waals surface area contributed by atoms with Gasteiger partial charge >= 0.3 is 0 Å². The van der Waals surface area contributed by atoms with Crippen molar-refractivity contribution in [1.29, 1.82) is 0 Å². The normalized spacial score (nSPS) is 14.3. The molecule has 1 heterocycles. The van der Waals surface area contributed by atoms with E-state index in [2.05, 4.69) is 28.1 Å². The molecule has 4 heteroatoms. The van der Waals surface area contributed by atoms with Gasteiger partial charge in [0.15, 0.2) is 0 Å². The molecule has 0 unspecified atom stereocenters. The number of rotatable bonds is 5. The summed E-state index contributed by atoms with van der Waals surface area (Å²) in [4.78, 5) is 12.7. The lowest BCUT2D eigenvalue weighted by Crippen LogP contribution is -2.13. The fraction of sp³-hybridized carbons (Fsp3) is 0.0870. The van der Waals surface area contributed by atoms with E-state index in [1.54, 1.807) is 0 Å². The summed E-state index contributed by atoms with van der Waals surface area (Å²) < 4.78 is 0. The summed E-state index contributed by atoms with van der Waals surface area (Å²) in [5.41, 5.74) is 6.42. The molecule has 1 amide bonds. The maximum atomic E-state index is 12.7. The summed E-state index contributed by atoms with van der Waals surface area (Å²) in [6.45, 7) is 0.734. The van der Waals surface area contributed by atoms with Crippen molar-refractivity contribution in [2.75, 3.05) is 17.7 Å². The molecule has 3 aromatic rings. The highest BCUT2D eigenvalue weighted by molar-refractivity contribution is 6.36. The van der Waals surface area contributed by atoms with Gasteiger partial charge in [-0.1, -0.05) is 60.7 Å². The van der Waals surface area contributed by atoms with Crippen LogP contribution in [-0.2, 0) is 11.3 Å². The van der Waals surface area contributed by atoms with E-state index >= 15 is 0 Å². The second-order valence-corrected chi connectivity index (χ2v) is 6.42. The minimum absolute atomic E-state index is 0.0848. The highest BCUT2D eigenvalue weighted by Crippen LogP contribution is 2.37. The molecule has 1 aliphatic heterocycles. The Bertz CT molecular complexity index is 995. The van der Waals surface area contributed by atoms with Crippen molar-refractivity contribution in [3.05, 3.63) is 95.6 Å². The Balaban J connectivity index is 1.69. The van der Waals surface area contributed by atoms with Crippen molar-refractivity contribution in [2.45, 2.75) is 6.54 Å². The zero-order valence-corrected chi connectivity index (χ0v) is 15.1. The number of hydrogen-bond acceptors (Lipinski definition) is 3. The largest absolute Gasteiger partial charge is 0.387 e. The molecule has 0 aliphatic carbocycles. The van der Waals surface area contributed by atoms with Gasteiger partial charge in [0.2, 0.25) is 0 Å². The summed E-state index contributed by atoms with van der Waals surface area (Å²) in [5, 5.41) is 9.62. The summed E-state index contributed by atoms with van der Waals surface area (Å²) in [6, 6.07) is 26.1. The number of benzene rings is 3. The van der Waals surface area contributed by atoms with Crippen LogP contribution in [0, 0.1) is 0 Å². The molecule has 0 aromatic heterocycles. The van der Waals surface area contributed by atoms with E-state index in [9.17, 15) is 4.79 Å². The highest BCUT2D eigenvalue weighted by Gasteiger charge is 2.28. The van der Waals surface area contributed by atoms with Crippen LogP contribution in [0.1, 0.15) is 16.7 Å². The van der Waals surface area contributed by atoms with Gasteiger partial charge in [0, 0.05) is 30.5 Å². The lowest BCUT2D eigenvalue weighted by molar-refractivity contribution is -0.110. The van der Waals surface area contributed by atoms with Crippen LogP contribution >= 0.6 is 0 Å². The molecular formula is C23H21N3O. The van der Waals surface area contributed by atoms with Gasteiger partial charge in [-0.3, -0.25) is 4.79 Å². The Labute approximate surface area is 158 Å². The van der Waals surface area contributed by atoms with Crippen molar-refractivity contribution in [2.24, 2.45) is 0 Å². The third-order valence-corrected chi connectivity index (χ3v) is 4.67. The van der Waals surface area contributed by atoms with Crippen LogP contribution in [0.4, 0.5) is 11.4 Å². The number of amides is 1. The quantitative estimate of drug-likeness (QED) is 0.597. The summed E-state index contributed by atoms with van der Waals surface area (Å²) in [7, 11) is 1.85. The Morgan fingerprint density at radius 1 is 0.926 bits per heavy atom. The average molecular weight is 355 g/mol. The molecule has 4 rings (SSSR count). The van der Waals surface area contributed by atoms with Crippen LogP contribution < -0.4 is 16.0 Å². The smallest absolute Gasteiger partial charge is 0.258 e. The van der Waals surface area contributed by atoms with E-state index in [0.717, 1.165) is 34.7 Å². The predicted octanol–water partition coefficient (Wildman–Crippen LogP) is 4.34. The van der Waals surface area contributed by atoms with Crippen molar-refractivity contribution in [3.8, 4) is 0 Å². The molecule has 0 atom stereocenters. The molecule has 3 aromatic carbocycles. The van der Waals surface area contributed by atoms with Gasteiger partial charge < -0.3 is 16.0 Å². The first-order chi connectivity index (χ1) is 13.3. The number of carbonyl (C=O) groups excluding carboxylic acids is 1. The zero-order chi connectivity index (χ0) is 18.6. The van der Waals surface area contributed by atoms with Crippen LogP contribution in [-0.4, -0.2) is 13.0 Å². The molecule has 134 valence electrons. The number of hydrogen-bond donors (Lipinski definition) is 3. The van der Waals surface area contributed by atoms with Crippen LogP contribution in [0.5, 0.6) is 0 Å². The summed E-state index contributed by atoms with van der Waals surface area (Å²) in [6.07, 6.45) is 0. The minimum Gasteiger partial charge on any atom is -0.387 e. The molecule has 0 saturated carbocycles. The van der Waals surface area contributed by atoms with E-state index in [1.165, 1.54) is 5.56 Å². The van der Waals surface area contributed by atoms with Gasteiger partial charge in [-0.15, -0.1) is 0 Å². The van der Waals surface area contributed by atoms with E-state index in [1.807, 2.05) is 73.8 Å². The molecule has 1 aliphatic rings. The molecule has 0 saturated heterocycles. The molecule has 3 N–H and O–H groups in total. The van der Waals surface area contributed by atoms with E-state index in [-0.39, 0.29) is 5.91 Å². The van der Waals surface area contributed by atoms with Crippen LogP contribution in [0.3, 0.4) is 0 Å². The number of carbonyl (C=O) groups is 1. The molecule has 0 spiro atoms. The molecule has 0 radical (unpaired) electrons. The second-order valence-electron chi connectivity index (χ2n) is 6.42. The van der Waals surface area contributed by atoms with Gasteiger partial charge in [0.1, 0.15) is 0 Å². The van der Waals surface area contributed by atoms with E-state index < -0.39 is 0 Å². The third kappa shape index (κ3) is 3.42. The highest BCUT2D eigenvalue weighted by atomic mass is 16.2. The lowest BCUT2D eigenvalue weighted by Gasteiger charge is -2.12. The number of nitrogens with one attached hydrogen (secondary N) is 3. The average Bonchev–Trinajstić information content (AvgIpc) is 3.04. The maximum Gasteiger partial charge on any atom is 0.258 e. The zero-order valence-electron chi connectivity index (χ0n) is 15.1. The predicted molar refractivity (Wildman–Crippen MR) is 111 cm³/mol. The first kappa shape index (κ1) is 16.9. The first-order valence-electron chi connectivity index (χ1n) is 8.97. The van der Waals surface area contributed by atoms with E-state index in [0.29, 0.717) is 5.57 Å². The Kier molecular flexibility index (Phi) is 4.62. The van der Waals surface area contributed by atoms with Gasteiger partial charge in [-0.2, -0.15) is 0 Å². The van der Waals surface area contributed by atoms with Crippen molar-refractivity contribution >= 4 is 28.6 Å².